The Balaban J connectivity index is 1.64. The fourth-order valence-corrected chi connectivity index (χ4v) is 4.00. The van der Waals surface area contributed by atoms with Crippen molar-refractivity contribution in [2.75, 3.05) is 5.32 Å². The Morgan fingerprint density at radius 2 is 2.00 bits per heavy atom. The van der Waals surface area contributed by atoms with E-state index in [4.69, 9.17) is 0 Å². The molecule has 2 amide bonds. The molecule has 0 radical (unpaired) electrons. The van der Waals surface area contributed by atoms with Gasteiger partial charge in [0.15, 0.2) is 5.13 Å². The molecule has 24 heavy (non-hydrogen) atoms. The van der Waals surface area contributed by atoms with Crippen LogP contribution in [0.3, 0.4) is 0 Å². The number of nitrogens with zero attached hydrogens (tertiary/aromatic N) is 1. The van der Waals surface area contributed by atoms with Gasteiger partial charge in [-0.1, -0.05) is 43.6 Å². The number of carbonyl (C=O) groups excluding carboxylic acids is 2. The summed E-state index contributed by atoms with van der Waals surface area (Å²) < 4.78 is 0.990. The van der Waals surface area contributed by atoms with Crippen LogP contribution in [0, 0.1) is 0 Å². The van der Waals surface area contributed by atoms with E-state index in [-0.39, 0.29) is 11.8 Å². The van der Waals surface area contributed by atoms with Gasteiger partial charge in [0, 0.05) is 12.5 Å². The standard InChI is InChI=1S/C18H23N3O2S/c1-2-16(22)21-18-20-14-9-8-12(10-15(14)24-18)11-17(23)19-13-6-4-3-5-7-13/h8-10,13H,2-7,11H2,1H3,(H,19,23)(H,20,21,22). The van der Waals surface area contributed by atoms with Crippen molar-refractivity contribution in [1.82, 2.24) is 10.3 Å². The SMILES string of the molecule is CCC(=O)Nc1nc2ccc(CC(=O)NC3CCCCC3)cc2s1. The summed E-state index contributed by atoms with van der Waals surface area (Å²) in [7, 11) is 0. The van der Waals surface area contributed by atoms with Crippen LogP contribution in [0.25, 0.3) is 10.2 Å². The van der Waals surface area contributed by atoms with Crippen molar-refractivity contribution in [2.24, 2.45) is 0 Å². The topological polar surface area (TPSA) is 71.1 Å². The van der Waals surface area contributed by atoms with Crippen molar-refractivity contribution < 1.29 is 9.59 Å². The molecule has 0 saturated heterocycles. The Morgan fingerprint density at radius 1 is 1.21 bits per heavy atom. The second-order valence-electron chi connectivity index (χ2n) is 6.30. The summed E-state index contributed by atoms with van der Waals surface area (Å²) in [5.41, 5.74) is 1.83. The second-order valence-corrected chi connectivity index (χ2v) is 7.33. The van der Waals surface area contributed by atoms with Crippen LogP contribution in [0.5, 0.6) is 0 Å². The van der Waals surface area contributed by atoms with Crippen LogP contribution >= 0.6 is 11.3 Å². The number of rotatable bonds is 5. The number of fused-ring (bicyclic) bond motifs is 1. The van der Waals surface area contributed by atoms with Crippen molar-refractivity contribution in [1.29, 1.82) is 0 Å². The summed E-state index contributed by atoms with van der Waals surface area (Å²) in [4.78, 5) is 28.1. The second kappa shape index (κ2) is 7.75. The van der Waals surface area contributed by atoms with E-state index in [0.717, 1.165) is 28.6 Å². The molecular formula is C18H23N3O2S. The van der Waals surface area contributed by atoms with E-state index in [1.807, 2.05) is 25.1 Å². The van der Waals surface area contributed by atoms with Crippen LogP contribution in [0.4, 0.5) is 5.13 Å². The minimum Gasteiger partial charge on any atom is -0.353 e. The number of thiazole rings is 1. The van der Waals surface area contributed by atoms with Crippen molar-refractivity contribution in [3.63, 3.8) is 0 Å². The largest absolute Gasteiger partial charge is 0.353 e. The third-order valence-corrected chi connectivity index (χ3v) is 5.29. The fourth-order valence-electron chi connectivity index (χ4n) is 3.05. The van der Waals surface area contributed by atoms with E-state index in [0.29, 0.717) is 24.0 Å². The predicted molar refractivity (Wildman–Crippen MR) is 97.3 cm³/mol. The molecule has 0 spiro atoms. The summed E-state index contributed by atoms with van der Waals surface area (Å²) in [6.45, 7) is 1.81. The molecule has 1 aromatic heterocycles. The molecule has 3 rings (SSSR count). The van der Waals surface area contributed by atoms with Crippen LogP contribution in [-0.2, 0) is 16.0 Å². The highest BCUT2D eigenvalue weighted by Crippen LogP contribution is 2.27. The third-order valence-electron chi connectivity index (χ3n) is 4.36. The van der Waals surface area contributed by atoms with Gasteiger partial charge in [-0.3, -0.25) is 9.59 Å². The van der Waals surface area contributed by atoms with Crippen LogP contribution in [0.2, 0.25) is 0 Å². The van der Waals surface area contributed by atoms with E-state index >= 15 is 0 Å². The van der Waals surface area contributed by atoms with E-state index < -0.39 is 0 Å². The van der Waals surface area contributed by atoms with Crippen molar-refractivity contribution >= 4 is 38.5 Å². The smallest absolute Gasteiger partial charge is 0.225 e. The van der Waals surface area contributed by atoms with Gasteiger partial charge < -0.3 is 10.6 Å². The average molecular weight is 345 g/mol. The molecule has 1 aromatic carbocycles. The lowest BCUT2D eigenvalue weighted by Crippen LogP contribution is -2.37. The Hall–Kier alpha value is -1.95. The summed E-state index contributed by atoms with van der Waals surface area (Å²) in [5, 5.41) is 6.54. The van der Waals surface area contributed by atoms with Gasteiger partial charge in [-0.05, 0) is 30.5 Å². The van der Waals surface area contributed by atoms with Gasteiger partial charge >= 0.3 is 0 Å². The first-order chi connectivity index (χ1) is 11.6. The number of amides is 2. The quantitative estimate of drug-likeness (QED) is 0.869. The number of hydrogen-bond acceptors (Lipinski definition) is 4. The molecule has 1 aliphatic rings. The maximum absolute atomic E-state index is 12.2. The summed E-state index contributed by atoms with van der Waals surface area (Å²) in [6.07, 6.45) is 6.73. The minimum absolute atomic E-state index is 0.0406. The van der Waals surface area contributed by atoms with E-state index in [2.05, 4.69) is 15.6 Å². The molecule has 1 aliphatic carbocycles. The van der Waals surface area contributed by atoms with Crippen LogP contribution in [-0.4, -0.2) is 22.8 Å². The minimum atomic E-state index is -0.0406. The molecular weight excluding hydrogens is 322 g/mol. The van der Waals surface area contributed by atoms with Gasteiger partial charge in [0.1, 0.15) is 0 Å². The number of nitrogens with one attached hydrogen (secondary N) is 2. The van der Waals surface area contributed by atoms with Gasteiger partial charge in [-0.25, -0.2) is 4.98 Å². The molecule has 1 fully saturated rings. The molecule has 2 aromatic rings. The Labute approximate surface area is 145 Å². The molecule has 128 valence electrons. The van der Waals surface area contributed by atoms with Crippen molar-refractivity contribution in [2.45, 2.75) is 57.9 Å². The number of aromatic nitrogens is 1. The maximum atomic E-state index is 12.2. The zero-order valence-electron chi connectivity index (χ0n) is 13.9. The maximum Gasteiger partial charge on any atom is 0.225 e. The van der Waals surface area contributed by atoms with Gasteiger partial charge in [0.25, 0.3) is 0 Å². The molecule has 0 unspecified atom stereocenters. The number of carbonyl (C=O) groups is 2. The Bertz CT molecular complexity index is 735. The molecule has 0 bridgehead atoms. The van der Waals surface area contributed by atoms with E-state index in [1.165, 1.54) is 30.6 Å². The number of hydrogen-bond donors (Lipinski definition) is 2. The first-order valence-electron chi connectivity index (χ1n) is 8.62. The zero-order valence-corrected chi connectivity index (χ0v) is 14.7. The van der Waals surface area contributed by atoms with Crippen LogP contribution in [0.15, 0.2) is 18.2 Å². The Morgan fingerprint density at radius 3 is 2.75 bits per heavy atom. The van der Waals surface area contributed by atoms with Crippen molar-refractivity contribution in [3.8, 4) is 0 Å². The zero-order chi connectivity index (χ0) is 16.9. The monoisotopic (exact) mass is 345 g/mol. The fraction of sp³-hybridized carbons (Fsp3) is 0.500. The highest BCUT2D eigenvalue weighted by atomic mass is 32.1. The lowest BCUT2D eigenvalue weighted by Gasteiger charge is -2.22. The van der Waals surface area contributed by atoms with Gasteiger partial charge in [0.2, 0.25) is 11.8 Å². The first-order valence-corrected chi connectivity index (χ1v) is 9.44. The van der Waals surface area contributed by atoms with Gasteiger partial charge in [-0.15, -0.1) is 0 Å². The third kappa shape index (κ3) is 4.32. The van der Waals surface area contributed by atoms with Crippen LogP contribution < -0.4 is 10.6 Å². The molecule has 0 atom stereocenters. The predicted octanol–water partition coefficient (Wildman–Crippen LogP) is 3.64. The lowest BCUT2D eigenvalue weighted by molar-refractivity contribution is -0.121. The molecule has 1 heterocycles. The van der Waals surface area contributed by atoms with Crippen LogP contribution in [0.1, 0.15) is 51.0 Å². The van der Waals surface area contributed by atoms with E-state index in [1.54, 1.807) is 0 Å². The average Bonchev–Trinajstić information content (AvgIpc) is 2.97. The van der Waals surface area contributed by atoms with E-state index in [9.17, 15) is 9.59 Å². The lowest BCUT2D eigenvalue weighted by atomic mass is 9.95. The van der Waals surface area contributed by atoms with Gasteiger partial charge in [-0.2, -0.15) is 0 Å². The van der Waals surface area contributed by atoms with Crippen molar-refractivity contribution in [3.05, 3.63) is 23.8 Å². The highest BCUT2D eigenvalue weighted by molar-refractivity contribution is 7.22. The molecule has 0 aliphatic heterocycles. The van der Waals surface area contributed by atoms with Gasteiger partial charge in [0.05, 0.1) is 16.6 Å². The summed E-state index contributed by atoms with van der Waals surface area (Å²) in [5.74, 6) is 0.0476. The highest BCUT2D eigenvalue weighted by Gasteiger charge is 2.16. The summed E-state index contributed by atoms with van der Waals surface area (Å²) in [6, 6.07) is 6.19. The number of benzene rings is 1. The molecule has 5 nitrogen and oxygen atoms in total. The normalized spacial score (nSPS) is 15.4. The summed E-state index contributed by atoms with van der Waals surface area (Å²) >= 11 is 1.44. The number of anilines is 1. The Kier molecular flexibility index (Phi) is 5.45. The first kappa shape index (κ1) is 16.9. The molecule has 1 saturated carbocycles. The molecule has 6 heteroatoms. The molecule has 2 N–H and O–H groups in total.